The van der Waals surface area contributed by atoms with E-state index in [1.165, 1.54) is 82.8 Å². The molecule has 4 aliphatic rings. The summed E-state index contributed by atoms with van der Waals surface area (Å²) in [6.07, 6.45) is 3.95. The minimum Gasteiger partial charge on any atom is -0.497 e. The first kappa shape index (κ1) is 49.5. The molecule has 4 aliphatic carbocycles. The van der Waals surface area contributed by atoms with Gasteiger partial charge in [0.2, 0.25) is 0 Å². The first-order valence-corrected chi connectivity index (χ1v) is 29.3. The minimum absolute atomic E-state index is 0.828. The van der Waals surface area contributed by atoms with Gasteiger partial charge in [-0.1, -0.05) is 60.7 Å². The third-order valence-electron chi connectivity index (χ3n) is 14.8. The van der Waals surface area contributed by atoms with Crippen molar-refractivity contribution in [3.05, 3.63) is 229 Å². The van der Waals surface area contributed by atoms with Gasteiger partial charge in [-0.05, 0) is 216 Å². The first-order valence-electron chi connectivity index (χ1n) is 26.1. The van der Waals surface area contributed by atoms with E-state index in [1.807, 2.05) is 93.9 Å². The highest BCUT2D eigenvalue weighted by molar-refractivity contribution is 7.31. The van der Waals surface area contributed by atoms with Crippen LogP contribution in [0.3, 0.4) is 0 Å². The molecule has 16 rings (SSSR count). The summed E-state index contributed by atoms with van der Waals surface area (Å²) >= 11 is 7.61. The van der Waals surface area contributed by atoms with Crippen LogP contribution in [0.4, 0.5) is 34.1 Å². The monoisotopic (exact) mass is 1090 g/mol. The SMILES string of the molecule is COc1ccc(N(c2ccc(OC)cc2)c2ccc(-c3cc4sc(-c5cc6ccc5CCc5ccc(c(-c7cc8sc(-c9ccc(N(c%10ccc(OC)cc%10)c%10ccc(OC)cc%10)cc9)cc8s7)c5)CC6)cc4s3)cc2)cc1. The molecule has 0 saturated carbocycles. The molecule has 0 N–H and O–H groups in total. The first-order chi connectivity index (χ1) is 38.4. The van der Waals surface area contributed by atoms with E-state index in [0.29, 0.717) is 0 Å². The van der Waals surface area contributed by atoms with E-state index in [-0.39, 0.29) is 0 Å². The molecule has 0 amide bonds. The lowest BCUT2D eigenvalue weighted by molar-refractivity contribution is 0.414. The Kier molecular flexibility index (Phi) is 13.5. The number of nitrogens with zero attached hydrogens (tertiary/aromatic N) is 2. The third-order valence-corrected chi connectivity index (χ3v) is 19.6. The lowest BCUT2D eigenvalue weighted by Gasteiger charge is -2.26. The van der Waals surface area contributed by atoms with Crippen LogP contribution in [0.1, 0.15) is 22.3 Å². The van der Waals surface area contributed by atoms with Crippen LogP contribution in [0.15, 0.2) is 206 Å². The van der Waals surface area contributed by atoms with Crippen LogP contribution in [-0.4, -0.2) is 28.4 Å². The fourth-order valence-electron chi connectivity index (χ4n) is 10.6. The number of methoxy groups -OCH3 is 4. The van der Waals surface area contributed by atoms with E-state index in [9.17, 15) is 0 Å². The second-order valence-corrected chi connectivity index (χ2v) is 23.8. The topological polar surface area (TPSA) is 43.4 Å². The van der Waals surface area contributed by atoms with Crippen molar-refractivity contribution in [1.82, 2.24) is 0 Å². The molecule has 78 heavy (non-hydrogen) atoms. The molecular weight excluding hydrogens is 1040 g/mol. The highest BCUT2D eigenvalue weighted by Crippen LogP contribution is 2.47. The average molecular weight is 1090 g/mol. The molecule has 8 aromatic carbocycles. The molecule has 6 nitrogen and oxygen atoms in total. The van der Waals surface area contributed by atoms with Gasteiger partial charge in [-0.15, -0.1) is 45.3 Å². The lowest BCUT2D eigenvalue weighted by Crippen LogP contribution is -2.09. The van der Waals surface area contributed by atoms with Gasteiger partial charge in [-0.25, -0.2) is 0 Å². The Labute approximate surface area is 471 Å². The van der Waals surface area contributed by atoms with Crippen molar-refractivity contribution in [2.75, 3.05) is 38.2 Å². The maximum absolute atomic E-state index is 5.47. The Bertz CT molecular complexity index is 3640. The van der Waals surface area contributed by atoms with Gasteiger partial charge in [0.1, 0.15) is 23.0 Å². The summed E-state index contributed by atoms with van der Waals surface area (Å²) in [6, 6.07) is 74.8. The van der Waals surface area contributed by atoms with Crippen LogP contribution in [0, 0.1) is 0 Å². The fourth-order valence-corrected chi connectivity index (χ4v) is 15.5. The van der Waals surface area contributed by atoms with Crippen molar-refractivity contribution in [1.29, 1.82) is 0 Å². The number of fused-ring (bicyclic) bond motifs is 2. The second-order valence-electron chi connectivity index (χ2n) is 19.4. The number of thiophene rings is 4. The molecule has 384 valence electrons. The molecule has 0 atom stereocenters. The number of hydrogen-bond acceptors (Lipinski definition) is 10. The van der Waals surface area contributed by atoms with E-state index < -0.39 is 0 Å². The van der Waals surface area contributed by atoms with Gasteiger partial charge in [0.15, 0.2) is 0 Å². The summed E-state index contributed by atoms with van der Waals surface area (Å²) in [5.41, 5.74) is 17.2. The Morgan fingerprint density at radius 1 is 0.282 bits per heavy atom. The maximum Gasteiger partial charge on any atom is 0.119 e. The summed E-state index contributed by atoms with van der Waals surface area (Å²) < 4.78 is 27.2. The zero-order chi connectivity index (χ0) is 52.7. The van der Waals surface area contributed by atoms with E-state index in [1.54, 1.807) is 28.4 Å². The Morgan fingerprint density at radius 2 is 0.551 bits per heavy atom. The van der Waals surface area contributed by atoms with Crippen LogP contribution in [-0.2, 0) is 25.7 Å². The molecule has 4 bridgehead atoms. The van der Waals surface area contributed by atoms with E-state index in [2.05, 4.69) is 168 Å². The van der Waals surface area contributed by atoms with Crippen molar-refractivity contribution >= 4 is 98.3 Å². The summed E-state index contributed by atoms with van der Waals surface area (Å²) in [6.45, 7) is 0. The van der Waals surface area contributed by atoms with Crippen molar-refractivity contribution in [2.45, 2.75) is 25.7 Å². The summed E-state index contributed by atoms with van der Waals surface area (Å²) in [7, 11) is 6.79. The molecule has 0 spiro atoms. The summed E-state index contributed by atoms with van der Waals surface area (Å²) in [4.78, 5) is 9.79. The van der Waals surface area contributed by atoms with Crippen LogP contribution >= 0.6 is 45.3 Å². The Morgan fingerprint density at radius 3 is 0.846 bits per heavy atom. The predicted molar refractivity (Wildman–Crippen MR) is 332 cm³/mol. The molecule has 0 fully saturated rings. The van der Waals surface area contributed by atoms with Crippen LogP contribution in [0.25, 0.3) is 60.6 Å². The number of benzene rings is 8. The van der Waals surface area contributed by atoms with Crippen LogP contribution in [0.5, 0.6) is 23.0 Å². The van der Waals surface area contributed by atoms with E-state index in [0.717, 1.165) is 82.8 Å². The normalized spacial score (nSPS) is 12.2. The van der Waals surface area contributed by atoms with Gasteiger partial charge in [0, 0.05) is 72.4 Å². The highest BCUT2D eigenvalue weighted by Gasteiger charge is 2.20. The summed E-state index contributed by atoms with van der Waals surface area (Å²) in [5.74, 6) is 3.31. The number of ether oxygens (including phenoxy) is 4. The smallest absolute Gasteiger partial charge is 0.119 e. The Hall–Kier alpha value is -8.12. The summed E-state index contributed by atoms with van der Waals surface area (Å²) in [5, 5.41) is 0. The maximum atomic E-state index is 5.47. The standard InChI is InChI=1S/C68H54N2O4S4/c1-71-55-29-21-51(22-30-55)69(52-23-31-56(72-2)32-24-52)49-17-13-47(14-18-49)61-39-65-67(75-61)41-63(77-65)59-37-43-5-9-45(59)11-7-44-6-10-46(12-8-43)60(38-44)64-42-68-66(78-64)40-62(76-68)48-15-19-50(20-16-48)70(53-25-33-57(73-3)34-26-53)54-27-35-58(74-4)36-28-54/h5-6,9-10,13-42H,7-8,11-12H2,1-4H3. The van der Waals surface area contributed by atoms with Gasteiger partial charge in [-0.2, -0.15) is 0 Å². The van der Waals surface area contributed by atoms with Crippen molar-refractivity contribution in [2.24, 2.45) is 0 Å². The molecule has 10 heteroatoms. The molecule has 12 aromatic rings. The van der Waals surface area contributed by atoms with E-state index in [4.69, 9.17) is 18.9 Å². The molecule has 4 heterocycles. The van der Waals surface area contributed by atoms with Crippen molar-refractivity contribution in [3.8, 4) is 64.8 Å². The van der Waals surface area contributed by atoms with Gasteiger partial charge in [0.25, 0.3) is 0 Å². The molecule has 0 unspecified atom stereocenters. The number of aryl methyl sites for hydroxylation is 4. The largest absolute Gasteiger partial charge is 0.497 e. The van der Waals surface area contributed by atoms with Gasteiger partial charge < -0.3 is 28.7 Å². The second kappa shape index (κ2) is 21.4. The van der Waals surface area contributed by atoms with E-state index >= 15 is 0 Å². The third kappa shape index (κ3) is 9.82. The number of hydrogen-bond donors (Lipinski definition) is 0. The highest BCUT2D eigenvalue weighted by atomic mass is 32.1. The zero-order valence-electron chi connectivity index (χ0n) is 43.6. The number of rotatable bonds is 14. The predicted octanol–water partition coefficient (Wildman–Crippen LogP) is 19.8. The lowest BCUT2D eigenvalue weighted by atomic mass is 9.90. The van der Waals surface area contributed by atoms with Crippen LogP contribution < -0.4 is 28.7 Å². The quantitative estimate of drug-likeness (QED) is 0.108. The van der Waals surface area contributed by atoms with Gasteiger partial charge in [0.05, 0.1) is 28.4 Å². The zero-order valence-corrected chi connectivity index (χ0v) is 46.9. The number of anilines is 6. The van der Waals surface area contributed by atoms with Crippen LogP contribution in [0.2, 0.25) is 0 Å². The van der Waals surface area contributed by atoms with Crippen molar-refractivity contribution < 1.29 is 18.9 Å². The average Bonchev–Trinajstić information content (AvgIpc) is 4.34. The van der Waals surface area contributed by atoms with Gasteiger partial charge >= 0.3 is 0 Å². The molecular formula is C68H54N2O4S4. The Balaban J connectivity index is 0.718. The molecule has 0 aliphatic heterocycles. The fraction of sp³-hybridized carbons (Fsp3) is 0.118. The van der Waals surface area contributed by atoms with Gasteiger partial charge in [-0.3, -0.25) is 0 Å². The minimum atomic E-state index is 0.828. The van der Waals surface area contributed by atoms with Crippen molar-refractivity contribution in [3.63, 3.8) is 0 Å². The molecule has 0 radical (unpaired) electrons. The molecule has 4 aromatic heterocycles. The molecule has 0 saturated heterocycles.